The van der Waals surface area contributed by atoms with Crippen LogP contribution in [-0.2, 0) is 4.79 Å². The Kier molecular flexibility index (Phi) is 7.54. The third-order valence-electron chi connectivity index (χ3n) is 7.74. The number of hydrogen-bond acceptors (Lipinski definition) is 5. The van der Waals surface area contributed by atoms with E-state index >= 15 is 0 Å². The van der Waals surface area contributed by atoms with Gasteiger partial charge in [0.05, 0.1) is 33.3 Å². The molecule has 7 heteroatoms. The van der Waals surface area contributed by atoms with Crippen molar-refractivity contribution in [2.45, 2.75) is 50.1 Å². The molecular weight excluding hydrogens is 480 g/mol. The lowest BCUT2D eigenvalue weighted by atomic mass is 9.77. The van der Waals surface area contributed by atoms with Gasteiger partial charge in [0, 0.05) is 23.4 Å². The van der Waals surface area contributed by atoms with Crippen LogP contribution in [-0.4, -0.2) is 44.1 Å². The van der Waals surface area contributed by atoms with Crippen LogP contribution in [0.5, 0.6) is 17.2 Å². The molecule has 0 radical (unpaired) electrons. The molecule has 0 aromatic heterocycles. The lowest BCUT2D eigenvalue weighted by Gasteiger charge is -2.46. The van der Waals surface area contributed by atoms with Crippen LogP contribution in [0.1, 0.15) is 65.5 Å². The summed E-state index contributed by atoms with van der Waals surface area (Å²) in [5, 5.41) is 3.10. The Morgan fingerprint density at radius 2 is 1.55 bits per heavy atom. The molecule has 0 unspecified atom stereocenters. The normalized spacial score (nSPS) is 19.4. The fourth-order valence-corrected chi connectivity index (χ4v) is 5.88. The standard InChI is InChI=1S/C31H34N2O5/c1-36-23-16-13-20(14-17-23)29-28(30(34)32-21-15-18-26(37-2)27(19-21)38-3)24-11-7-8-12-25(24)31(35)33(29)22-9-5-4-6-10-22/h7-8,11-19,22,28-29H,4-6,9-10H2,1-3H3,(H,32,34)/t28-,29+/m1/s1. The third kappa shape index (κ3) is 4.80. The van der Waals surface area contributed by atoms with Gasteiger partial charge >= 0.3 is 0 Å². The van der Waals surface area contributed by atoms with E-state index in [1.165, 1.54) is 6.42 Å². The number of benzene rings is 3. The second-order valence-corrected chi connectivity index (χ2v) is 9.85. The Hall–Kier alpha value is -4.00. The van der Waals surface area contributed by atoms with Crippen LogP contribution >= 0.6 is 0 Å². The lowest BCUT2D eigenvalue weighted by molar-refractivity contribution is -0.119. The molecule has 5 rings (SSSR count). The Labute approximate surface area is 223 Å². The zero-order valence-electron chi connectivity index (χ0n) is 22.1. The van der Waals surface area contributed by atoms with Crippen LogP contribution in [0.4, 0.5) is 5.69 Å². The molecule has 1 aliphatic heterocycles. The van der Waals surface area contributed by atoms with Gasteiger partial charge in [0.15, 0.2) is 11.5 Å². The predicted octanol–water partition coefficient (Wildman–Crippen LogP) is 5.96. The smallest absolute Gasteiger partial charge is 0.254 e. The number of methoxy groups -OCH3 is 3. The Morgan fingerprint density at radius 3 is 2.24 bits per heavy atom. The number of rotatable bonds is 7. The quantitative estimate of drug-likeness (QED) is 0.421. The number of fused-ring (bicyclic) bond motifs is 1. The first-order valence-corrected chi connectivity index (χ1v) is 13.1. The summed E-state index contributed by atoms with van der Waals surface area (Å²) in [5.41, 5.74) is 2.84. The van der Waals surface area contributed by atoms with E-state index in [9.17, 15) is 9.59 Å². The van der Waals surface area contributed by atoms with Crippen LogP contribution in [0.3, 0.4) is 0 Å². The van der Waals surface area contributed by atoms with E-state index in [4.69, 9.17) is 14.2 Å². The van der Waals surface area contributed by atoms with Crippen LogP contribution in [0.25, 0.3) is 0 Å². The van der Waals surface area contributed by atoms with Crippen molar-refractivity contribution < 1.29 is 23.8 Å². The highest BCUT2D eigenvalue weighted by atomic mass is 16.5. The SMILES string of the molecule is COc1ccc([C@H]2[C@H](C(=O)Nc3ccc(OC)c(OC)c3)c3ccccc3C(=O)N2C2CCCCC2)cc1. The number of nitrogens with zero attached hydrogens (tertiary/aromatic N) is 1. The van der Waals surface area contributed by atoms with Crippen molar-refractivity contribution in [3.8, 4) is 17.2 Å². The molecule has 2 aliphatic rings. The molecular formula is C31H34N2O5. The maximum atomic E-state index is 14.2. The van der Waals surface area contributed by atoms with Gasteiger partial charge in [0.25, 0.3) is 5.91 Å². The molecule has 3 aromatic carbocycles. The molecule has 0 saturated heterocycles. The minimum absolute atomic E-state index is 0.0107. The minimum atomic E-state index is -0.604. The van der Waals surface area contributed by atoms with E-state index in [2.05, 4.69) is 5.32 Å². The van der Waals surface area contributed by atoms with Crippen molar-refractivity contribution in [2.75, 3.05) is 26.6 Å². The minimum Gasteiger partial charge on any atom is -0.497 e. The van der Waals surface area contributed by atoms with Gasteiger partial charge in [-0.1, -0.05) is 49.6 Å². The van der Waals surface area contributed by atoms with Crippen molar-refractivity contribution >= 4 is 17.5 Å². The number of ether oxygens (including phenoxy) is 3. The van der Waals surface area contributed by atoms with Gasteiger partial charge in [0.2, 0.25) is 5.91 Å². The summed E-state index contributed by atoms with van der Waals surface area (Å²) in [4.78, 5) is 30.2. The highest BCUT2D eigenvalue weighted by Crippen LogP contribution is 2.46. The molecule has 7 nitrogen and oxygen atoms in total. The second kappa shape index (κ2) is 11.2. The van der Waals surface area contributed by atoms with Crippen molar-refractivity contribution in [1.82, 2.24) is 4.90 Å². The number of carbonyl (C=O) groups excluding carboxylic acids is 2. The fourth-order valence-electron chi connectivity index (χ4n) is 5.88. The van der Waals surface area contributed by atoms with Crippen LogP contribution < -0.4 is 19.5 Å². The van der Waals surface area contributed by atoms with E-state index in [0.29, 0.717) is 22.7 Å². The maximum Gasteiger partial charge on any atom is 0.254 e. The van der Waals surface area contributed by atoms with Crippen molar-refractivity contribution in [2.24, 2.45) is 0 Å². The monoisotopic (exact) mass is 514 g/mol. The predicted molar refractivity (Wildman–Crippen MR) is 146 cm³/mol. The van der Waals surface area contributed by atoms with Crippen molar-refractivity contribution in [3.63, 3.8) is 0 Å². The number of anilines is 1. The van der Waals surface area contributed by atoms with E-state index in [1.807, 2.05) is 53.4 Å². The summed E-state index contributed by atoms with van der Waals surface area (Å²) in [7, 11) is 4.77. The average Bonchev–Trinajstić information content (AvgIpc) is 2.97. The topological polar surface area (TPSA) is 77.1 Å². The van der Waals surface area contributed by atoms with Gasteiger partial charge in [-0.25, -0.2) is 0 Å². The second-order valence-electron chi connectivity index (χ2n) is 9.85. The first-order chi connectivity index (χ1) is 18.5. The molecule has 1 aliphatic carbocycles. The molecule has 3 aromatic rings. The van der Waals surface area contributed by atoms with E-state index in [0.717, 1.165) is 42.6 Å². The summed E-state index contributed by atoms with van der Waals surface area (Å²) in [6, 6.07) is 20.2. The summed E-state index contributed by atoms with van der Waals surface area (Å²) in [6.07, 6.45) is 5.20. The molecule has 0 spiro atoms. The first kappa shape index (κ1) is 25.6. The van der Waals surface area contributed by atoms with E-state index in [-0.39, 0.29) is 17.9 Å². The fraction of sp³-hybridized carbons (Fsp3) is 0.355. The average molecular weight is 515 g/mol. The Morgan fingerprint density at radius 1 is 0.842 bits per heavy atom. The molecule has 2 amide bonds. The Balaban J connectivity index is 1.61. The summed E-state index contributed by atoms with van der Waals surface area (Å²) in [6.45, 7) is 0. The van der Waals surface area contributed by atoms with Crippen LogP contribution in [0.15, 0.2) is 66.7 Å². The number of carbonyl (C=O) groups is 2. The lowest BCUT2D eigenvalue weighted by Crippen LogP contribution is -2.51. The van der Waals surface area contributed by atoms with Gasteiger partial charge in [0.1, 0.15) is 5.75 Å². The number of nitrogens with one attached hydrogen (secondary N) is 1. The zero-order valence-corrected chi connectivity index (χ0v) is 22.1. The molecule has 0 bridgehead atoms. The Bertz CT molecular complexity index is 1300. The molecule has 198 valence electrons. The zero-order chi connectivity index (χ0) is 26.6. The van der Waals surface area contributed by atoms with Gasteiger partial charge < -0.3 is 24.4 Å². The van der Waals surface area contributed by atoms with Crippen LogP contribution in [0, 0.1) is 0 Å². The van der Waals surface area contributed by atoms with Gasteiger partial charge in [-0.3, -0.25) is 9.59 Å². The largest absolute Gasteiger partial charge is 0.497 e. The van der Waals surface area contributed by atoms with Crippen molar-refractivity contribution in [3.05, 3.63) is 83.4 Å². The molecule has 1 saturated carbocycles. The van der Waals surface area contributed by atoms with Crippen LogP contribution in [0.2, 0.25) is 0 Å². The molecule has 1 heterocycles. The van der Waals surface area contributed by atoms with Gasteiger partial charge in [-0.05, 0) is 54.3 Å². The number of hydrogen-bond donors (Lipinski definition) is 1. The van der Waals surface area contributed by atoms with Gasteiger partial charge in [-0.2, -0.15) is 0 Å². The van der Waals surface area contributed by atoms with Gasteiger partial charge in [-0.15, -0.1) is 0 Å². The van der Waals surface area contributed by atoms with E-state index in [1.54, 1.807) is 39.5 Å². The van der Waals surface area contributed by atoms with Crippen molar-refractivity contribution in [1.29, 1.82) is 0 Å². The first-order valence-electron chi connectivity index (χ1n) is 13.1. The third-order valence-corrected chi connectivity index (χ3v) is 7.74. The van der Waals surface area contributed by atoms with E-state index < -0.39 is 12.0 Å². The highest BCUT2D eigenvalue weighted by Gasteiger charge is 2.46. The summed E-state index contributed by atoms with van der Waals surface area (Å²) < 4.78 is 16.2. The maximum absolute atomic E-state index is 14.2. The summed E-state index contributed by atoms with van der Waals surface area (Å²) >= 11 is 0. The number of amides is 2. The molecule has 1 fully saturated rings. The summed E-state index contributed by atoms with van der Waals surface area (Å²) in [5.74, 6) is 1.04. The molecule has 38 heavy (non-hydrogen) atoms. The molecule has 2 atom stereocenters. The highest BCUT2D eigenvalue weighted by molar-refractivity contribution is 6.04. The molecule has 1 N–H and O–H groups in total.